The first-order valence-electron chi connectivity index (χ1n) is 9.29. The van der Waals surface area contributed by atoms with E-state index in [1.807, 2.05) is 20.8 Å². The smallest absolute Gasteiger partial charge is 0.226 e. The zero-order valence-corrected chi connectivity index (χ0v) is 17.5. The fraction of sp³-hybridized carbons (Fsp3) is 0.286. The highest BCUT2D eigenvalue weighted by Crippen LogP contribution is 2.29. The Kier molecular flexibility index (Phi) is 4.76. The van der Waals surface area contributed by atoms with E-state index in [-0.39, 0.29) is 5.91 Å². The molecule has 0 aliphatic carbocycles. The van der Waals surface area contributed by atoms with Gasteiger partial charge in [-0.2, -0.15) is 10.4 Å². The predicted molar refractivity (Wildman–Crippen MR) is 113 cm³/mol. The lowest BCUT2D eigenvalue weighted by molar-refractivity contribution is -0.116. The van der Waals surface area contributed by atoms with Crippen LogP contribution in [-0.2, 0) is 11.2 Å². The third-order valence-corrected chi connectivity index (χ3v) is 5.93. The van der Waals surface area contributed by atoms with Crippen LogP contribution in [0.15, 0.2) is 18.3 Å². The van der Waals surface area contributed by atoms with Crippen molar-refractivity contribution < 1.29 is 4.79 Å². The summed E-state index contributed by atoms with van der Waals surface area (Å²) >= 11 is 1.49. The monoisotopic (exact) mass is 404 g/mol. The third-order valence-electron chi connectivity index (χ3n) is 5.01. The quantitative estimate of drug-likeness (QED) is 0.554. The maximum absolute atomic E-state index is 12.5. The molecule has 29 heavy (non-hydrogen) atoms. The van der Waals surface area contributed by atoms with Crippen LogP contribution in [0, 0.1) is 39.0 Å². The molecular formula is C21H20N6OS. The van der Waals surface area contributed by atoms with E-state index in [4.69, 9.17) is 0 Å². The lowest BCUT2D eigenvalue weighted by Gasteiger charge is -2.10. The van der Waals surface area contributed by atoms with E-state index in [1.54, 1.807) is 4.52 Å². The molecule has 4 aromatic rings. The van der Waals surface area contributed by atoms with E-state index in [9.17, 15) is 10.1 Å². The predicted octanol–water partition coefficient (Wildman–Crippen LogP) is 4.02. The molecule has 3 heterocycles. The first-order chi connectivity index (χ1) is 13.9. The largest absolute Gasteiger partial charge is 0.302 e. The van der Waals surface area contributed by atoms with E-state index < -0.39 is 0 Å². The number of carbonyl (C=O) groups is 1. The van der Waals surface area contributed by atoms with Gasteiger partial charge < -0.3 is 5.32 Å². The van der Waals surface area contributed by atoms with E-state index in [2.05, 4.69) is 45.5 Å². The van der Waals surface area contributed by atoms with Gasteiger partial charge in [0, 0.05) is 17.8 Å². The molecule has 0 saturated heterocycles. The highest BCUT2D eigenvalue weighted by Gasteiger charge is 2.16. The lowest BCUT2D eigenvalue weighted by atomic mass is 10.1. The summed E-state index contributed by atoms with van der Waals surface area (Å²) in [4.78, 5) is 21.6. The molecular weight excluding hydrogens is 384 g/mol. The highest BCUT2D eigenvalue weighted by molar-refractivity contribution is 7.22. The average Bonchev–Trinajstić information content (AvgIpc) is 3.25. The number of anilines is 1. The standard InChI is InChI=1S/C21H20N6OS/c1-11-7-12(2)19-17(8-11)29-21(26-19)25-18(28)6-5-16-13(3)24-20-15(9-22)10-23-27(20)14(16)4/h7-8,10H,5-6H2,1-4H3,(H,25,26,28). The Bertz CT molecular complexity index is 1310. The molecule has 0 aliphatic heterocycles. The van der Waals surface area contributed by atoms with Gasteiger partial charge in [-0.3, -0.25) is 4.79 Å². The van der Waals surface area contributed by atoms with Gasteiger partial charge >= 0.3 is 0 Å². The van der Waals surface area contributed by atoms with Crippen molar-refractivity contribution in [3.8, 4) is 6.07 Å². The van der Waals surface area contributed by atoms with Crippen molar-refractivity contribution in [3.63, 3.8) is 0 Å². The van der Waals surface area contributed by atoms with Crippen LogP contribution in [-0.4, -0.2) is 25.5 Å². The van der Waals surface area contributed by atoms with Crippen molar-refractivity contribution in [2.75, 3.05) is 5.32 Å². The fourth-order valence-electron chi connectivity index (χ4n) is 3.60. The van der Waals surface area contributed by atoms with E-state index in [0.717, 1.165) is 32.7 Å². The number of hydrogen-bond acceptors (Lipinski definition) is 6. The number of thiazole rings is 1. The number of amides is 1. The number of nitrogens with zero attached hydrogens (tertiary/aromatic N) is 5. The number of nitriles is 1. The van der Waals surface area contributed by atoms with Crippen LogP contribution in [0.4, 0.5) is 5.13 Å². The van der Waals surface area contributed by atoms with Crippen molar-refractivity contribution >= 4 is 38.2 Å². The number of aromatic nitrogens is 4. The van der Waals surface area contributed by atoms with Crippen molar-refractivity contribution in [1.82, 2.24) is 19.6 Å². The van der Waals surface area contributed by atoms with Gasteiger partial charge in [-0.1, -0.05) is 17.4 Å². The summed E-state index contributed by atoms with van der Waals surface area (Å²) in [5, 5.41) is 17.0. The normalized spacial score (nSPS) is 11.1. The van der Waals surface area contributed by atoms with E-state index >= 15 is 0 Å². The molecule has 146 valence electrons. The van der Waals surface area contributed by atoms with E-state index in [1.165, 1.54) is 23.1 Å². The maximum atomic E-state index is 12.5. The van der Waals surface area contributed by atoms with Crippen LogP contribution in [0.3, 0.4) is 0 Å². The SMILES string of the molecule is Cc1cc(C)c2nc(NC(=O)CCc3c(C)nc4c(C#N)cnn4c3C)sc2c1. The molecule has 0 aliphatic rings. The summed E-state index contributed by atoms with van der Waals surface area (Å²) in [5.41, 5.74) is 6.90. The number of hydrogen-bond donors (Lipinski definition) is 1. The maximum Gasteiger partial charge on any atom is 0.226 e. The van der Waals surface area contributed by atoms with Gasteiger partial charge in [0.1, 0.15) is 11.6 Å². The van der Waals surface area contributed by atoms with Crippen LogP contribution in [0.2, 0.25) is 0 Å². The molecule has 0 atom stereocenters. The van der Waals surface area contributed by atoms with Gasteiger partial charge in [0.25, 0.3) is 0 Å². The highest BCUT2D eigenvalue weighted by atomic mass is 32.1. The second-order valence-corrected chi connectivity index (χ2v) is 8.19. The summed E-state index contributed by atoms with van der Waals surface area (Å²) in [5.74, 6) is -0.0875. The molecule has 4 rings (SSSR count). The molecule has 3 aromatic heterocycles. The Labute approximate surface area is 172 Å². The number of rotatable bonds is 4. The second-order valence-electron chi connectivity index (χ2n) is 7.16. The van der Waals surface area contributed by atoms with Crippen molar-refractivity contribution in [2.24, 2.45) is 0 Å². The topological polar surface area (TPSA) is 96.0 Å². The van der Waals surface area contributed by atoms with Gasteiger partial charge in [0.05, 0.1) is 16.4 Å². The minimum Gasteiger partial charge on any atom is -0.302 e. The third kappa shape index (κ3) is 3.45. The summed E-state index contributed by atoms with van der Waals surface area (Å²) in [6.07, 6.45) is 2.37. The van der Waals surface area contributed by atoms with Crippen LogP contribution in [0.1, 0.15) is 40.1 Å². The van der Waals surface area contributed by atoms with Gasteiger partial charge in [0.15, 0.2) is 10.8 Å². The lowest BCUT2D eigenvalue weighted by Crippen LogP contribution is -2.14. The van der Waals surface area contributed by atoms with Crippen LogP contribution >= 0.6 is 11.3 Å². The second kappa shape index (κ2) is 7.26. The molecule has 0 unspecified atom stereocenters. The Morgan fingerprint density at radius 2 is 2.03 bits per heavy atom. The van der Waals surface area contributed by atoms with Crippen LogP contribution in [0.25, 0.3) is 15.9 Å². The van der Waals surface area contributed by atoms with Gasteiger partial charge in [0.2, 0.25) is 5.91 Å². The molecule has 0 fully saturated rings. The minimum atomic E-state index is -0.0875. The molecule has 1 N–H and O–H groups in total. The molecule has 0 saturated carbocycles. The van der Waals surface area contributed by atoms with Crippen molar-refractivity contribution in [1.29, 1.82) is 5.26 Å². The molecule has 7 nitrogen and oxygen atoms in total. The summed E-state index contributed by atoms with van der Waals surface area (Å²) in [6.45, 7) is 7.91. The average molecular weight is 404 g/mol. The van der Waals surface area contributed by atoms with Gasteiger partial charge in [-0.25, -0.2) is 14.5 Å². The van der Waals surface area contributed by atoms with Gasteiger partial charge in [-0.05, 0) is 56.9 Å². The number of nitrogens with one attached hydrogen (secondary N) is 1. The number of carbonyl (C=O) groups excluding carboxylic acids is 1. The molecule has 1 amide bonds. The van der Waals surface area contributed by atoms with Crippen molar-refractivity contribution in [2.45, 2.75) is 40.5 Å². The first-order valence-corrected chi connectivity index (χ1v) is 10.1. The zero-order valence-electron chi connectivity index (χ0n) is 16.7. The number of aryl methyl sites for hydroxylation is 4. The molecule has 8 heteroatoms. The molecule has 0 bridgehead atoms. The fourth-order valence-corrected chi connectivity index (χ4v) is 4.65. The Balaban J connectivity index is 1.52. The zero-order chi connectivity index (χ0) is 20.7. The molecule has 1 aromatic carbocycles. The molecule has 0 spiro atoms. The van der Waals surface area contributed by atoms with Crippen molar-refractivity contribution in [3.05, 3.63) is 52.0 Å². The van der Waals surface area contributed by atoms with E-state index in [0.29, 0.717) is 29.2 Å². The Morgan fingerprint density at radius 1 is 1.24 bits per heavy atom. The van der Waals surface area contributed by atoms with Crippen LogP contribution < -0.4 is 5.32 Å². The Morgan fingerprint density at radius 3 is 2.79 bits per heavy atom. The Hall–Kier alpha value is -3.31. The molecule has 0 radical (unpaired) electrons. The summed E-state index contributed by atoms with van der Waals surface area (Å²) < 4.78 is 2.74. The minimum absolute atomic E-state index is 0.0875. The van der Waals surface area contributed by atoms with Crippen LogP contribution in [0.5, 0.6) is 0 Å². The summed E-state index contributed by atoms with van der Waals surface area (Å²) in [7, 11) is 0. The first kappa shape index (κ1) is 19.0. The van der Waals surface area contributed by atoms with Gasteiger partial charge in [-0.15, -0.1) is 0 Å². The number of benzene rings is 1. The summed E-state index contributed by atoms with van der Waals surface area (Å²) in [6, 6.07) is 6.28. The number of fused-ring (bicyclic) bond motifs is 2.